The van der Waals surface area contributed by atoms with E-state index in [0.29, 0.717) is 12.6 Å². The summed E-state index contributed by atoms with van der Waals surface area (Å²) in [6.07, 6.45) is 5.08. The van der Waals surface area contributed by atoms with Crippen molar-refractivity contribution in [3.63, 3.8) is 0 Å². The Bertz CT molecular complexity index is 284. The maximum absolute atomic E-state index is 9.92. The van der Waals surface area contributed by atoms with Crippen LogP contribution >= 0.6 is 0 Å². The highest BCUT2D eigenvalue weighted by atomic mass is 16.3. The molecule has 0 radical (unpaired) electrons. The third kappa shape index (κ3) is 3.71. The molecular weight excluding hydrogens is 236 g/mol. The number of hydrogen-bond donors (Lipinski definition) is 1. The minimum absolute atomic E-state index is 0.186. The topological polar surface area (TPSA) is 26.7 Å². The number of likely N-dealkylation sites (N-methyl/N-ethyl adjacent to an activating group) is 1. The molecule has 0 spiro atoms. The predicted octanol–water partition coefficient (Wildman–Crippen LogP) is 2.20. The predicted molar refractivity (Wildman–Crippen MR) is 80.3 cm³/mol. The fraction of sp³-hybridized carbons (Fsp3) is 1.00. The summed E-state index contributed by atoms with van der Waals surface area (Å²) in [5.41, 5.74) is 0.186. The minimum Gasteiger partial charge on any atom is -0.396 e. The van der Waals surface area contributed by atoms with E-state index in [-0.39, 0.29) is 5.41 Å². The molecule has 0 aromatic carbocycles. The highest BCUT2D eigenvalue weighted by molar-refractivity contribution is 4.90. The largest absolute Gasteiger partial charge is 0.396 e. The van der Waals surface area contributed by atoms with Crippen molar-refractivity contribution in [2.45, 2.75) is 52.5 Å². The van der Waals surface area contributed by atoms with Crippen molar-refractivity contribution in [3.8, 4) is 0 Å². The third-order valence-corrected chi connectivity index (χ3v) is 5.34. The van der Waals surface area contributed by atoms with Gasteiger partial charge in [-0.15, -0.1) is 0 Å². The second-order valence-corrected chi connectivity index (χ2v) is 7.07. The number of hydrogen-bond acceptors (Lipinski definition) is 3. The lowest BCUT2D eigenvalue weighted by molar-refractivity contribution is -0.00225. The SMILES string of the molecule is CCN1CCN(CC2(CO)CCCC(C)C2)CC1C. The second kappa shape index (κ2) is 6.55. The molecule has 0 bridgehead atoms. The molecule has 1 saturated carbocycles. The Kier molecular flexibility index (Phi) is 5.27. The van der Waals surface area contributed by atoms with Crippen LogP contribution in [0, 0.1) is 11.3 Å². The molecule has 1 heterocycles. The Hall–Kier alpha value is -0.120. The summed E-state index contributed by atoms with van der Waals surface area (Å²) in [6, 6.07) is 0.663. The summed E-state index contributed by atoms with van der Waals surface area (Å²) in [5.74, 6) is 0.787. The van der Waals surface area contributed by atoms with Gasteiger partial charge in [0.05, 0.1) is 0 Å². The Morgan fingerprint density at radius 2 is 2.05 bits per heavy atom. The number of aliphatic hydroxyl groups excluding tert-OH is 1. The molecule has 19 heavy (non-hydrogen) atoms. The van der Waals surface area contributed by atoms with Crippen LogP contribution in [0.2, 0.25) is 0 Å². The van der Waals surface area contributed by atoms with Crippen LogP contribution in [0.1, 0.15) is 46.5 Å². The quantitative estimate of drug-likeness (QED) is 0.847. The van der Waals surface area contributed by atoms with Crippen LogP contribution in [0.3, 0.4) is 0 Å². The van der Waals surface area contributed by atoms with Crippen molar-refractivity contribution >= 4 is 0 Å². The van der Waals surface area contributed by atoms with E-state index >= 15 is 0 Å². The van der Waals surface area contributed by atoms with Gasteiger partial charge in [0.25, 0.3) is 0 Å². The van der Waals surface area contributed by atoms with Crippen LogP contribution in [-0.4, -0.2) is 60.3 Å². The molecule has 0 aromatic heterocycles. The van der Waals surface area contributed by atoms with E-state index in [9.17, 15) is 5.11 Å². The summed E-state index contributed by atoms with van der Waals surface area (Å²) in [6.45, 7) is 13.1. The van der Waals surface area contributed by atoms with E-state index in [4.69, 9.17) is 0 Å². The van der Waals surface area contributed by atoms with Crippen molar-refractivity contribution in [3.05, 3.63) is 0 Å². The van der Waals surface area contributed by atoms with Gasteiger partial charge in [0, 0.05) is 44.2 Å². The van der Waals surface area contributed by atoms with E-state index in [1.165, 1.54) is 45.3 Å². The zero-order valence-electron chi connectivity index (χ0n) is 13.1. The van der Waals surface area contributed by atoms with E-state index in [2.05, 4.69) is 30.6 Å². The standard InChI is InChI=1S/C16H32N2O/c1-4-18-9-8-17(11-15(18)3)12-16(13-19)7-5-6-14(2)10-16/h14-15,19H,4-13H2,1-3H3. The highest BCUT2D eigenvalue weighted by Gasteiger charge is 2.37. The van der Waals surface area contributed by atoms with E-state index in [1.807, 2.05) is 0 Å². The van der Waals surface area contributed by atoms with Gasteiger partial charge in [0.2, 0.25) is 0 Å². The lowest BCUT2D eigenvalue weighted by Crippen LogP contribution is -2.55. The Morgan fingerprint density at radius 1 is 1.26 bits per heavy atom. The fourth-order valence-corrected chi connectivity index (χ4v) is 4.26. The van der Waals surface area contributed by atoms with Crippen molar-refractivity contribution < 1.29 is 5.11 Å². The number of aliphatic hydroxyl groups is 1. The first-order valence-electron chi connectivity index (χ1n) is 8.16. The van der Waals surface area contributed by atoms with Crippen molar-refractivity contribution in [1.29, 1.82) is 0 Å². The lowest BCUT2D eigenvalue weighted by atomic mass is 9.70. The van der Waals surface area contributed by atoms with Gasteiger partial charge in [-0.2, -0.15) is 0 Å². The highest BCUT2D eigenvalue weighted by Crippen LogP contribution is 2.39. The molecule has 2 rings (SSSR count). The molecule has 0 amide bonds. The van der Waals surface area contributed by atoms with Gasteiger partial charge < -0.3 is 5.11 Å². The molecule has 3 nitrogen and oxygen atoms in total. The van der Waals surface area contributed by atoms with E-state index in [0.717, 1.165) is 19.0 Å². The molecule has 1 saturated heterocycles. The van der Waals surface area contributed by atoms with Crippen LogP contribution in [0.4, 0.5) is 0 Å². The van der Waals surface area contributed by atoms with Crippen LogP contribution in [-0.2, 0) is 0 Å². The molecule has 0 aromatic rings. The maximum atomic E-state index is 9.92. The van der Waals surface area contributed by atoms with E-state index in [1.54, 1.807) is 0 Å². The van der Waals surface area contributed by atoms with Crippen molar-refractivity contribution in [1.82, 2.24) is 9.80 Å². The molecule has 2 aliphatic rings. The fourth-order valence-electron chi connectivity index (χ4n) is 4.26. The van der Waals surface area contributed by atoms with Crippen LogP contribution in [0.15, 0.2) is 0 Å². The first-order chi connectivity index (χ1) is 9.08. The van der Waals surface area contributed by atoms with E-state index < -0.39 is 0 Å². The molecule has 112 valence electrons. The Morgan fingerprint density at radius 3 is 2.63 bits per heavy atom. The van der Waals surface area contributed by atoms with Gasteiger partial charge >= 0.3 is 0 Å². The summed E-state index contributed by atoms with van der Waals surface area (Å²) >= 11 is 0. The Balaban J connectivity index is 1.92. The van der Waals surface area contributed by atoms with Gasteiger partial charge in [0.1, 0.15) is 0 Å². The minimum atomic E-state index is 0.186. The second-order valence-electron chi connectivity index (χ2n) is 7.07. The lowest BCUT2D eigenvalue weighted by Gasteiger charge is -2.46. The molecule has 1 aliphatic carbocycles. The first-order valence-corrected chi connectivity index (χ1v) is 8.16. The van der Waals surface area contributed by atoms with Gasteiger partial charge in [0.15, 0.2) is 0 Å². The summed E-state index contributed by atoms with van der Waals surface area (Å²) in [5, 5.41) is 9.92. The van der Waals surface area contributed by atoms with Crippen LogP contribution in [0.5, 0.6) is 0 Å². The van der Waals surface area contributed by atoms with Crippen molar-refractivity contribution in [2.75, 3.05) is 39.3 Å². The summed E-state index contributed by atoms with van der Waals surface area (Å²) in [4.78, 5) is 5.16. The average Bonchev–Trinajstić information content (AvgIpc) is 2.39. The monoisotopic (exact) mass is 268 g/mol. The number of nitrogens with zero attached hydrogens (tertiary/aromatic N) is 2. The summed E-state index contributed by atoms with van der Waals surface area (Å²) < 4.78 is 0. The maximum Gasteiger partial charge on any atom is 0.0499 e. The van der Waals surface area contributed by atoms with Crippen molar-refractivity contribution in [2.24, 2.45) is 11.3 Å². The molecule has 3 heteroatoms. The molecule has 2 fully saturated rings. The average molecular weight is 268 g/mol. The van der Waals surface area contributed by atoms with Gasteiger partial charge in [-0.3, -0.25) is 9.80 Å². The molecule has 1 aliphatic heterocycles. The number of rotatable bonds is 4. The van der Waals surface area contributed by atoms with Gasteiger partial charge in [-0.1, -0.05) is 26.7 Å². The smallest absolute Gasteiger partial charge is 0.0499 e. The molecule has 3 atom stereocenters. The van der Waals surface area contributed by atoms with Gasteiger partial charge in [-0.25, -0.2) is 0 Å². The van der Waals surface area contributed by atoms with Gasteiger partial charge in [-0.05, 0) is 32.2 Å². The third-order valence-electron chi connectivity index (χ3n) is 5.34. The zero-order chi connectivity index (χ0) is 13.9. The Labute approximate surface area is 119 Å². The first kappa shape index (κ1) is 15.3. The zero-order valence-corrected chi connectivity index (χ0v) is 13.1. The van der Waals surface area contributed by atoms with Crippen LogP contribution < -0.4 is 0 Å². The molecule has 1 N–H and O–H groups in total. The normalized spacial score (nSPS) is 38.5. The molecular formula is C16H32N2O. The van der Waals surface area contributed by atoms with Crippen LogP contribution in [0.25, 0.3) is 0 Å². The molecule has 3 unspecified atom stereocenters. The number of piperazine rings is 1. The summed E-state index contributed by atoms with van der Waals surface area (Å²) in [7, 11) is 0.